The fraction of sp³-hybridized carbons (Fsp3) is 0.120. The highest BCUT2D eigenvalue weighted by atomic mass is 19.1. The first-order chi connectivity index (χ1) is 15.0. The van der Waals surface area contributed by atoms with Gasteiger partial charge in [0.15, 0.2) is 5.75 Å². The smallest absolute Gasteiger partial charge is 0.231 e. The second-order valence-electron chi connectivity index (χ2n) is 7.10. The quantitative estimate of drug-likeness (QED) is 0.343. The van der Waals surface area contributed by atoms with E-state index < -0.39 is 0 Å². The Balaban J connectivity index is 1.61. The molecule has 156 valence electrons. The number of carbonyl (C=O) groups excluding carboxylic acids is 1. The molecule has 0 aliphatic heterocycles. The number of H-pyrrole nitrogens is 1. The van der Waals surface area contributed by atoms with E-state index in [2.05, 4.69) is 4.98 Å². The van der Waals surface area contributed by atoms with Crippen molar-refractivity contribution >= 4 is 17.2 Å². The molecule has 0 bridgehead atoms. The second kappa shape index (κ2) is 8.83. The number of benzene rings is 3. The average molecular weight is 417 g/mol. The number of aromatic amines is 1. The highest BCUT2D eigenvalue weighted by molar-refractivity contribution is 5.85. The minimum atomic E-state index is -0.362. The topological polar surface area (TPSA) is 68.4 Å². The molecule has 31 heavy (non-hydrogen) atoms. The van der Waals surface area contributed by atoms with Crippen molar-refractivity contribution in [2.75, 3.05) is 13.2 Å². The first-order valence-corrected chi connectivity index (χ1v) is 9.78. The Morgan fingerprint density at radius 2 is 1.65 bits per heavy atom. The Morgan fingerprint density at radius 1 is 0.935 bits per heavy atom. The van der Waals surface area contributed by atoms with Crippen molar-refractivity contribution in [3.8, 4) is 22.8 Å². The molecule has 1 aromatic heterocycles. The summed E-state index contributed by atoms with van der Waals surface area (Å²) in [6.07, 6.45) is 0.761. The lowest BCUT2D eigenvalue weighted by atomic mass is 10.1. The molecule has 0 amide bonds. The van der Waals surface area contributed by atoms with E-state index in [4.69, 9.17) is 9.47 Å². The van der Waals surface area contributed by atoms with Gasteiger partial charge in [-0.05, 0) is 73.2 Å². The number of pyridine rings is 1. The molecule has 3 aromatic carbocycles. The van der Waals surface area contributed by atoms with E-state index in [-0.39, 0.29) is 30.2 Å². The molecule has 0 aliphatic rings. The van der Waals surface area contributed by atoms with Gasteiger partial charge in [0.25, 0.3) is 0 Å². The van der Waals surface area contributed by atoms with Crippen molar-refractivity contribution in [1.82, 2.24) is 4.98 Å². The zero-order valence-electron chi connectivity index (χ0n) is 16.9. The summed E-state index contributed by atoms with van der Waals surface area (Å²) in [6, 6.07) is 18.1. The zero-order valence-corrected chi connectivity index (χ0v) is 16.9. The SMILES string of the molecule is Cc1ccc2c(=O)c(OCCOc3ccc(C=O)cc3)c(-c3ccc(F)cc3)[nH]c2c1. The summed E-state index contributed by atoms with van der Waals surface area (Å²) in [5, 5.41) is 0.511. The maximum Gasteiger partial charge on any atom is 0.231 e. The molecule has 0 radical (unpaired) electrons. The number of aromatic nitrogens is 1. The predicted octanol–water partition coefficient (Wildman–Crippen LogP) is 4.91. The molecule has 0 spiro atoms. The van der Waals surface area contributed by atoms with Crippen LogP contribution < -0.4 is 14.9 Å². The molecular formula is C25H20FNO4. The third kappa shape index (κ3) is 4.48. The molecule has 5 nitrogen and oxygen atoms in total. The van der Waals surface area contributed by atoms with Crippen molar-refractivity contribution in [1.29, 1.82) is 0 Å². The number of fused-ring (bicyclic) bond motifs is 1. The van der Waals surface area contributed by atoms with E-state index in [0.29, 0.717) is 33.5 Å². The van der Waals surface area contributed by atoms with Crippen molar-refractivity contribution in [2.45, 2.75) is 6.92 Å². The maximum absolute atomic E-state index is 13.4. The summed E-state index contributed by atoms with van der Waals surface area (Å²) < 4.78 is 24.9. The van der Waals surface area contributed by atoms with Crippen LogP contribution in [-0.4, -0.2) is 24.5 Å². The van der Waals surface area contributed by atoms with Crippen LogP contribution in [0, 0.1) is 12.7 Å². The van der Waals surface area contributed by atoms with E-state index >= 15 is 0 Å². The third-order valence-electron chi connectivity index (χ3n) is 4.86. The lowest BCUT2D eigenvalue weighted by molar-refractivity contribution is 0.112. The first-order valence-electron chi connectivity index (χ1n) is 9.78. The molecule has 0 saturated heterocycles. The van der Waals surface area contributed by atoms with Gasteiger partial charge in [-0.15, -0.1) is 0 Å². The normalized spacial score (nSPS) is 10.8. The van der Waals surface area contributed by atoms with Crippen molar-refractivity contribution in [2.24, 2.45) is 0 Å². The molecule has 0 saturated carbocycles. The fourth-order valence-electron chi connectivity index (χ4n) is 3.29. The minimum Gasteiger partial charge on any atom is -0.490 e. The number of hydrogen-bond donors (Lipinski definition) is 1. The van der Waals surface area contributed by atoms with Gasteiger partial charge >= 0.3 is 0 Å². The average Bonchev–Trinajstić information content (AvgIpc) is 2.78. The molecule has 0 unspecified atom stereocenters. The van der Waals surface area contributed by atoms with Gasteiger partial charge in [-0.2, -0.15) is 0 Å². The summed E-state index contributed by atoms with van der Waals surface area (Å²) in [7, 11) is 0. The predicted molar refractivity (Wildman–Crippen MR) is 118 cm³/mol. The lowest BCUT2D eigenvalue weighted by Crippen LogP contribution is -2.16. The number of halogens is 1. The number of aldehydes is 1. The number of ether oxygens (including phenoxy) is 2. The maximum atomic E-state index is 13.4. The van der Waals surface area contributed by atoms with E-state index in [1.165, 1.54) is 12.1 Å². The van der Waals surface area contributed by atoms with Gasteiger partial charge in [0.05, 0.1) is 11.2 Å². The molecule has 6 heteroatoms. The van der Waals surface area contributed by atoms with Crippen LogP contribution in [0.5, 0.6) is 11.5 Å². The number of rotatable bonds is 7. The van der Waals surface area contributed by atoms with Gasteiger partial charge in [0.1, 0.15) is 31.1 Å². The standard InChI is InChI=1S/C25H20FNO4/c1-16-2-11-21-22(14-16)27-23(18-5-7-19(26)8-6-18)25(24(21)29)31-13-12-30-20-9-3-17(15-28)4-10-20/h2-11,14-15H,12-13H2,1H3,(H,27,29). The van der Waals surface area contributed by atoms with Gasteiger partial charge in [-0.25, -0.2) is 4.39 Å². The van der Waals surface area contributed by atoms with Gasteiger partial charge in [0.2, 0.25) is 5.43 Å². The number of carbonyl (C=O) groups is 1. The van der Waals surface area contributed by atoms with Crippen LogP contribution in [0.2, 0.25) is 0 Å². The Hall–Kier alpha value is -3.93. The summed E-state index contributed by atoms with van der Waals surface area (Å²) in [6.45, 7) is 2.28. The van der Waals surface area contributed by atoms with Gasteiger partial charge in [-0.3, -0.25) is 9.59 Å². The van der Waals surface area contributed by atoms with Crippen LogP contribution in [0.3, 0.4) is 0 Å². The summed E-state index contributed by atoms with van der Waals surface area (Å²) >= 11 is 0. The monoisotopic (exact) mass is 417 g/mol. The highest BCUT2D eigenvalue weighted by Crippen LogP contribution is 2.28. The summed E-state index contributed by atoms with van der Waals surface area (Å²) in [4.78, 5) is 27.1. The van der Waals surface area contributed by atoms with Crippen LogP contribution in [0.1, 0.15) is 15.9 Å². The largest absolute Gasteiger partial charge is 0.490 e. The number of aryl methyl sites for hydroxylation is 1. The second-order valence-corrected chi connectivity index (χ2v) is 7.10. The molecule has 1 N–H and O–H groups in total. The van der Waals surface area contributed by atoms with E-state index in [0.717, 1.165) is 11.8 Å². The van der Waals surface area contributed by atoms with Crippen LogP contribution in [0.25, 0.3) is 22.2 Å². The third-order valence-corrected chi connectivity index (χ3v) is 4.86. The Kier molecular flexibility index (Phi) is 5.80. The van der Waals surface area contributed by atoms with Gasteiger partial charge < -0.3 is 14.5 Å². The van der Waals surface area contributed by atoms with E-state index in [1.807, 2.05) is 19.1 Å². The molecule has 4 aromatic rings. The summed E-state index contributed by atoms with van der Waals surface area (Å²) in [5.41, 5.74) is 3.13. The van der Waals surface area contributed by atoms with Crippen LogP contribution in [0.15, 0.2) is 71.5 Å². The molecule has 1 heterocycles. The van der Waals surface area contributed by atoms with Crippen molar-refractivity contribution in [3.05, 3.63) is 93.9 Å². The van der Waals surface area contributed by atoms with E-state index in [9.17, 15) is 14.0 Å². The first kappa shape index (κ1) is 20.3. The zero-order chi connectivity index (χ0) is 21.8. The van der Waals surface area contributed by atoms with Gasteiger partial charge in [-0.1, -0.05) is 6.07 Å². The highest BCUT2D eigenvalue weighted by Gasteiger charge is 2.15. The Bertz CT molecular complexity index is 1280. The molecule has 0 fully saturated rings. The van der Waals surface area contributed by atoms with Crippen LogP contribution >= 0.6 is 0 Å². The van der Waals surface area contributed by atoms with Crippen molar-refractivity contribution in [3.63, 3.8) is 0 Å². The van der Waals surface area contributed by atoms with Gasteiger partial charge in [0, 0.05) is 16.5 Å². The van der Waals surface area contributed by atoms with Crippen molar-refractivity contribution < 1.29 is 18.7 Å². The number of hydrogen-bond acceptors (Lipinski definition) is 4. The number of nitrogens with one attached hydrogen (secondary N) is 1. The minimum absolute atomic E-state index is 0.129. The molecule has 0 atom stereocenters. The Morgan fingerprint density at radius 3 is 2.35 bits per heavy atom. The lowest BCUT2D eigenvalue weighted by Gasteiger charge is -2.14. The van der Waals surface area contributed by atoms with Crippen LogP contribution in [-0.2, 0) is 0 Å². The Labute approximate surface area is 178 Å². The summed E-state index contributed by atoms with van der Waals surface area (Å²) in [5.74, 6) is 0.387. The molecular weight excluding hydrogens is 397 g/mol. The van der Waals surface area contributed by atoms with E-state index in [1.54, 1.807) is 42.5 Å². The fourth-order valence-corrected chi connectivity index (χ4v) is 3.29. The molecule has 4 rings (SSSR count). The van der Waals surface area contributed by atoms with Crippen LogP contribution in [0.4, 0.5) is 4.39 Å². The molecule has 0 aliphatic carbocycles.